The van der Waals surface area contributed by atoms with E-state index in [-0.39, 0.29) is 22.7 Å². The lowest BCUT2D eigenvalue weighted by molar-refractivity contribution is -0.141. The summed E-state index contributed by atoms with van der Waals surface area (Å²) in [7, 11) is 1.49. The highest BCUT2D eigenvalue weighted by molar-refractivity contribution is 6.09. The van der Waals surface area contributed by atoms with Crippen LogP contribution in [0.3, 0.4) is 0 Å². The fourth-order valence-electron chi connectivity index (χ4n) is 2.74. The molecule has 4 nitrogen and oxygen atoms in total. The third-order valence-electron chi connectivity index (χ3n) is 4.70. The van der Waals surface area contributed by atoms with Gasteiger partial charge in [-0.3, -0.25) is 9.59 Å². The van der Waals surface area contributed by atoms with E-state index in [1.54, 1.807) is 32.0 Å². The first kappa shape index (κ1) is 16.5. The Hall–Kier alpha value is -1.84. The van der Waals surface area contributed by atoms with Crippen LogP contribution in [0.25, 0.3) is 0 Å². The number of hydrogen-bond acceptors (Lipinski definition) is 4. The summed E-state index contributed by atoms with van der Waals surface area (Å²) < 4.78 is 5.06. The number of Topliss-reactive ketones (excluding diaryl/α,β-unsaturated/α-hetero) is 2. The summed E-state index contributed by atoms with van der Waals surface area (Å²) >= 11 is 0. The lowest BCUT2D eigenvalue weighted by Crippen LogP contribution is -2.38. The molecule has 0 spiro atoms. The van der Waals surface area contributed by atoms with Crippen LogP contribution < -0.4 is 4.74 Å². The number of ether oxygens (including phenoxy) is 1. The van der Waals surface area contributed by atoms with Crippen LogP contribution in [-0.2, 0) is 16.0 Å². The van der Waals surface area contributed by atoms with Crippen LogP contribution in [0.15, 0.2) is 18.2 Å². The molecular weight excluding hydrogens is 280 g/mol. The SMILES string of the molecule is COc1cc(CCC(=O)C(C)(C)C(=O)C2(C)CC2)ccc1O. The maximum atomic E-state index is 12.5. The molecule has 1 N–H and O–H groups in total. The van der Waals surface area contributed by atoms with E-state index in [2.05, 4.69) is 0 Å². The summed E-state index contributed by atoms with van der Waals surface area (Å²) in [6.07, 6.45) is 2.61. The number of carbonyl (C=O) groups excluding carboxylic acids is 2. The van der Waals surface area contributed by atoms with Crippen molar-refractivity contribution in [1.82, 2.24) is 0 Å². The molecule has 1 saturated carbocycles. The number of carbonyl (C=O) groups is 2. The molecule has 0 unspecified atom stereocenters. The molecule has 0 radical (unpaired) electrons. The highest BCUT2D eigenvalue weighted by Crippen LogP contribution is 2.50. The zero-order valence-corrected chi connectivity index (χ0v) is 13.7. The molecular formula is C18H24O4. The third-order valence-corrected chi connectivity index (χ3v) is 4.70. The third kappa shape index (κ3) is 3.16. The van der Waals surface area contributed by atoms with Crippen molar-refractivity contribution in [2.75, 3.05) is 7.11 Å². The minimum absolute atomic E-state index is 0.0299. The Morgan fingerprint density at radius 2 is 1.95 bits per heavy atom. The molecule has 0 saturated heterocycles. The highest BCUT2D eigenvalue weighted by atomic mass is 16.5. The van der Waals surface area contributed by atoms with Crippen LogP contribution in [-0.4, -0.2) is 23.8 Å². The Morgan fingerprint density at radius 3 is 2.50 bits per heavy atom. The molecule has 1 aromatic rings. The van der Waals surface area contributed by atoms with Gasteiger partial charge in [-0.05, 0) is 50.8 Å². The van der Waals surface area contributed by atoms with Crippen molar-refractivity contribution in [3.8, 4) is 11.5 Å². The Morgan fingerprint density at radius 1 is 1.32 bits per heavy atom. The number of phenols is 1. The number of rotatable bonds is 7. The lowest BCUT2D eigenvalue weighted by Gasteiger charge is -2.25. The van der Waals surface area contributed by atoms with Crippen LogP contribution in [0.4, 0.5) is 0 Å². The van der Waals surface area contributed by atoms with E-state index in [0.29, 0.717) is 18.6 Å². The average Bonchev–Trinajstić information content (AvgIpc) is 3.24. The van der Waals surface area contributed by atoms with Gasteiger partial charge < -0.3 is 9.84 Å². The van der Waals surface area contributed by atoms with Crippen molar-refractivity contribution in [3.63, 3.8) is 0 Å². The van der Waals surface area contributed by atoms with Gasteiger partial charge in [0.2, 0.25) is 0 Å². The van der Waals surface area contributed by atoms with E-state index in [9.17, 15) is 14.7 Å². The van der Waals surface area contributed by atoms with E-state index in [1.165, 1.54) is 7.11 Å². The summed E-state index contributed by atoms with van der Waals surface area (Å²) in [5.41, 5.74) is -0.309. The van der Waals surface area contributed by atoms with Crippen LogP contribution in [0, 0.1) is 10.8 Å². The van der Waals surface area contributed by atoms with E-state index >= 15 is 0 Å². The van der Waals surface area contributed by atoms with E-state index in [0.717, 1.165) is 18.4 Å². The number of phenolic OH excluding ortho intramolecular Hbond substituents is 1. The monoisotopic (exact) mass is 304 g/mol. The van der Waals surface area contributed by atoms with Gasteiger partial charge in [0, 0.05) is 11.8 Å². The summed E-state index contributed by atoms with van der Waals surface area (Å²) in [4.78, 5) is 24.9. The predicted octanol–water partition coefficient (Wildman–Crippen LogP) is 3.30. The highest BCUT2D eigenvalue weighted by Gasteiger charge is 2.52. The lowest BCUT2D eigenvalue weighted by atomic mass is 9.75. The van der Waals surface area contributed by atoms with Gasteiger partial charge in [-0.2, -0.15) is 0 Å². The minimum atomic E-state index is -0.924. The van der Waals surface area contributed by atoms with Crippen LogP contribution in [0.1, 0.15) is 45.6 Å². The number of benzene rings is 1. The minimum Gasteiger partial charge on any atom is -0.504 e. The molecule has 1 aliphatic carbocycles. The van der Waals surface area contributed by atoms with Gasteiger partial charge >= 0.3 is 0 Å². The fraction of sp³-hybridized carbons (Fsp3) is 0.556. The second kappa shape index (κ2) is 5.75. The quantitative estimate of drug-likeness (QED) is 0.785. The molecule has 1 fully saturated rings. The predicted molar refractivity (Wildman–Crippen MR) is 84.1 cm³/mol. The first-order chi connectivity index (χ1) is 10.2. The number of methoxy groups -OCH3 is 1. The molecule has 4 heteroatoms. The van der Waals surface area contributed by atoms with Gasteiger partial charge in [-0.1, -0.05) is 13.0 Å². The van der Waals surface area contributed by atoms with E-state index in [1.807, 2.05) is 6.92 Å². The first-order valence-corrected chi connectivity index (χ1v) is 7.65. The molecule has 0 atom stereocenters. The molecule has 22 heavy (non-hydrogen) atoms. The molecule has 1 aromatic carbocycles. The number of ketones is 2. The van der Waals surface area contributed by atoms with Gasteiger partial charge in [-0.15, -0.1) is 0 Å². The van der Waals surface area contributed by atoms with Crippen LogP contribution in [0.2, 0.25) is 0 Å². The Balaban J connectivity index is 2.01. The summed E-state index contributed by atoms with van der Waals surface area (Å²) in [5, 5.41) is 9.57. The molecule has 0 aromatic heterocycles. The Labute approximate surface area is 131 Å². The summed E-state index contributed by atoms with van der Waals surface area (Å²) in [6.45, 7) is 5.41. The molecule has 0 amide bonds. The number of aryl methyl sites for hydroxylation is 1. The zero-order chi connectivity index (χ0) is 16.5. The topological polar surface area (TPSA) is 63.6 Å². The maximum Gasteiger partial charge on any atom is 0.160 e. The number of hydrogen-bond donors (Lipinski definition) is 1. The van der Waals surface area contributed by atoms with E-state index in [4.69, 9.17) is 4.74 Å². The average molecular weight is 304 g/mol. The first-order valence-electron chi connectivity index (χ1n) is 7.65. The Bertz CT molecular complexity index is 597. The van der Waals surface area contributed by atoms with Gasteiger partial charge in [0.15, 0.2) is 17.3 Å². The van der Waals surface area contributed by atoms with E-state index < -0.39 is 5.41 Å². The molecule has 0 heterocycles. The van der Waals surface area contributed by atoms with Crippen molar-refractivity contribution >= 4 is 11.6 Å². The van der Waals surface area contributed by atoms with Crippen LogP contribution >= 0.6 is 0 Å². The number of aromatic hydroxyl groups is 1. The second-order valence-electron chi connectivity index (χ2n) is 6.94. The van der Waals surface area contributed by atoms with Crippen molar-refractivity contribution in [2.45, 2.75) is 46.5 Å². The standard InChI is InChI=1S/C18H24O4/c1-17(2,16(21)18(3)9-10-18)15(20)8-6-12-5-7-13(19)14(11-12)22-4/h5,7,11,19H,6,8-10H2,1-4H3. The Kier molecular flexibility index (Phi) is 4.32. The second-order valence-corrected chi connectivity index (χ2v) is 6.94. The van der Waals surface area contributed by atoms with Crippen molar-refractivity contribution in [2.24, 2.45) is 10.8 Å². The van der Waals surface area contributed by atoms with Gasteiger partial charge in [0.25, 0.3) is 0 Å². The normalized spacial score (nSPS) is 16.2. The molecule has 120 valence electrons. The summed E-state index contributed by atoms with van der Waals surface area (Å²) in [5.74, 6) is 0.506. The molecule has 1 aliphatic rings. The van der Waals surface area contributed by atoms with Gasteiger partial charge in [0.1, 0.15) is 5.78 Å². The van der Waals surface area contributed by atoms with Crippen molar-refractivity contribution in [1.29, 1.82) is 0 Å². The molecule has 2 rings (SSSR count). The zero-order valence-electron chi connectivity index (χ0n) is 13.7. The maximum absolute atomic E-state index is 12.5. The van der Waals surface area contributed by atoms with Crippen LogP contribution in [0.5, 0.6) is 11.5 Å². The largest absolute Gasteiger partial charge is 0.504 e. The molecule has 0 bridgehead atoms. The smallest absolute Gasteiger partial charge is 0.160 e. The van der Waals surface area contributed by atoms with Gasteiger partial charge in [0.05, 0.1) is 12.5 Å². The van der Waals surface area contributed by atoms with Crippen molar-refractivity contribution in [3.05, 3.63) is 23.8 Å². The molecule has 0 aliphatic heterocycles. The van der Waals surface area contributed by atoms with Crippen molar-refractivity contribution < 1.29 is 19.4 Å². The fourth-order valence-corrected chi connectivity index (χ4v) is 2.74. The summed E-state index contributed by atoms with van der Waals surface area (Å²) in [6, 6.07) is 5.04. The van der Waals surface area contributed by atoms with Gasteiger partial charge in [-0.25, -0.2) is 0 Å².